The van der Waals surface area contributed by atoms with Gasteiger partial charge in [-0.25, -0.2) is 18.4 Å². The molecule has 1 heterocycles. The molecule has 2 amide bonds. The number of nitrogens with zero attached hydrogens (tertiary/aromatic N) is 3. The zero-order chi connectivity index (χ0) is 21.7. The van der Waals surface area contributed by atoms with Gasteiger partial charge in [0.2, 0.25) is 11.7 Å². The molecule has 0 saturated carbocycles. The molecule has 3 aromatic rings. The molecule has 0 bridgehead atoms. The van der Waals surface area contributed by atoms with Crippen molar-refractivity contribution in [3.05, 3.63) is 70.5 Å². The van der Waals surface area contributed by atoms with Gasteiger partial charge in [-0.2, -0.15) is 0 Å². The minimum absolute atomic E-state index is 0.0566. The summed E-state index contributed by atoms with van der Waals surface area (Å²) in [6.07, 6.45) is 0. The van der Waals surface area contributed by atoms with Crippen molar-refractivity contribution in [2.45, 2.75) is 20.0 Å². The number of hydrogen-bond acceptors (Lipinski definition) is 4. The zero-order valence-corrected chi connectivity index (χ0v) is 16.7. The molecule has 0 atom stereocenters. The normalized spacial score (nSPS) is 10.7. The first-order valence-electron chi connectivity index (χ1n) is 9.07. The van der Waals surface area contributed by atoms with Gasteiger partial charge in [-0.1, -0.05) is 23.7 Å². The van der Waals surface area contributed by atoms with Gasteiger partial charge in [-0.3, -0.25) is 9.59 Å². The highest BCUT2D eigenvalue weighted by atomic mass is 35.5. The third-order valence-corrected chi connectivity index (χ3v) is 4.37. The SMILES string of the molecule is CCNC(=O)c1nc(-c2ccc(Cl)c(F)c2)nn1CC(=O)NCc1cccc(F)c1. The minimum atomic E-state index is -0.655. The van der Waals surface area contributed by atoms with Crippen LogP contribution in [0.25, 0.3) is 11.4 Å². The number of benzene rings is 2. The van der Waals surface area contributed by atoms with Gasteiger partial charge < -0.3 is 10.6 Å². The molecule has 0 spiro atoms. The summed E-state index contributed by atoms with van der Waals surface area (Å²) in [4.78, 5) is 28.8. The van der Waals surface area contributed by atoms with E-state index in [1.54, 1.807) is 19.1 Å². The van der Waals surface area contributed by atoms with E-state index in [4.69, 9.17) is 11.6 Å². The van der Waals surface area contributed by atoms with E-state index >= 15 is 0 Å². The summed E-state index contributed by atoms with van der Waals surface area (Å²) in [5.41, 5.74) is 0.893. The van der Waals surface area contributed by atoms with Crippen LogP contribution in [0.15, 0.2) is 42.5 Å². The van der Waals surface area contributed by atoms with Crippen molar-refractivity contribution in [1.82, 2.24) is 25.4 Å². The van der Waals surface area contributed by atoms with E-state index in [9.17, 15) is 18.4 Å². The van der Waals surface area contributed by atoms with Gasteiger partial charge in [0.1, 0.15) is 18.2 Å². The summed E-state index contributed by atoms with van der Waals surface area (Å²) >= 11 is 5.70. The number of hydrogen-bond donors (Lipinski definition) is 2. The number of nitrogens with one attached hydrogen (secondary N) is 2. The molecule has 10 heteroatoms. The highest BCUT2D eigenvalue weighted by Crippen LogP contribution is 2.22. The fraction of sp³-hybridized carbons (Fsp3) is 0.200. The summed E-state index contributed by atoms with van der Waals surface area (Å²) < 4.78 is 28.2. The van der Waals surface area contributed by atoms with E-state index in [1.807, 2.05) is 0 Å². The van der Waals surface area contributed by atoms with Crippen LogP contribution in [0, 0.1) is 11.6 Å². The molecular weight excluding hydrogens is 416 g/mol. The van der Waals surface area contributed by atoms with Gasteiger partial charge in [0.05, 0.1) is 5.02 Å². The molecule has 0 unspecified atom stereocenters. The summed E-state index contributed by atoms with van der Waals surface area (Å²) in [5.74, 6) is -2.06. The van der Waals surface area contributed by atoms with Crippen LogP contribution in [0.1, 0.15) is 23.1 Å². The van der Waals surface area contributed by atoms with Gasteiger partial charge in [0.25, 0.3) is 5.91 Å². The van der Waals surface area contributed by atoms with E-state index in [-0.39, 0.29) is 29.8 Å². The molecule has 2 aromatic carbocycles. The van der Waals surface area contributed by atoms with Gasteiger partial charge in [0.15, 0.2) is 5.82 Å². The highest BCUT2D eigenvalue weighted by Gasteiger charge is 2.20. The maximum absolute atomic E-state index is 13.8. The largest absolute Gasteiger partial charge is 0.350 e. The Hall–Kier alpha value is -3.33. The molecule has 156 valence electrons. The first-order chi connectivity index (χ1) is 14.4. The summed E-state index contributed by atoms with van der Waals surface area (Å²) in [7, 11) is 0. The number of rotatable bonds is 7. The maximum atomic E-state index is 13.8. The average molecular weight is 434 g/mol. The average Bonchev–Trinajstić information content (AvgIpc) is 3.12. The zero-order valence-electron chi connectivity index (χ0n) is 16.0. The molecule has 0 saturated heterocycles. The van der Waals surface area contributed by atoms with E-state index in [1.165, 1.54) is 24.3 Å². The van der Waals surface area contributed by atoms with Gasteiger partial charge in [-0.15, -0.1) is 5.10 Å². The van der Waals surface area contributed by atoms with Crippen molar-refractivity contribution in [3.8, 4) is 11.4 Å². The fourth-order valence-electron chi connectivity index (χ4n) is 2.66. The van der Waals surface area contributed by atoms with Gasteiger partial charge in [0, 0.05) is 18.7 Å². The molecule has 1 aromatic heterocycles. The minimum Gasteiger partial charge on any atom is -0.350 e. The Morgan fingerprint density at radius 2 is 1.93 bits per heavy atom. The Morgan fingerprint density at radius 1 is 1.13 bits per heavy atom. The first kappa shape index (κ1) is 21.4. The first-order valence-corrected chi connectivity index (χ1v) is 9.44. The maximum Gasteiger partial charge on any atom is 0.288 e. The van der Waals surface area contributed by atoms with E-state index < -0.39 is 23.4 Å². The predicted octanol–water partition coefficient (Wildman–Crippen LogP) is 2.94. The van der Waals surface area contributed by atoms with Gasteiger partial charge >= 0.3 is 0 Å². The lowest BCUT2D eigenvalue weighted by molar-refractivity contribution is -0.122. The fourth-order valence-corrected chi connectivity index (χ4v) is 2.77. The smallest absolute Gasteiger partial charge is 0.288 e. The van der Waals surface area contributed by atoms with E-state index in [0.29, 0.717) is 17.7 Å². The quantitative estimate of drug-likeness (QED) is 0.599. The van der Waals surface area contributed by atoms with E-state index in [0.717, 1.165) is 10.7 Å². The van der Waals surface area contributed by atoms with Crippen LogP contribution in [0.2, 0.25) is 5.02 Å². The topological polar surface area (TPSA) is 88.9 Å². The van der Waals surface area contributed by atoms with Crippen LogP contribution in [0.5, 0.6) is 0 Å². The van der Waals surface area contributed by atoms with Crippen LogP contribution in [-0.4, -0.2) is 33.1 Å². The van der Waals surface area contributed by atoms with E-state index in [2.05, 4.69) is 20.7 Å². The predicted molar refractivity (Wildman–Crippen MR) is 107 cm³/mol. The molecule has 0 aliphatic rings. The molecular formula is C20H18ClF2N5O2. The lowest BCUT2D eigenvalue weighted by Gasteiger charge is -2.07. The monoisotopic (exact) mass is 433 g/mol. The second kappa shape index (κ2) is 9.45. The second-order valence-electron chi connectivity index (χ2n) is 6.31. The Bertz CT molecular complexity index is 1090. The number of carbonyl (C=O) groups excluding carboxylic acids is 2. The Balaban J connectivity index is 1.80. The third kappa shape index (κ3) is 5.18. The van der Waals surface area contributed by atoms with Crippen LogP contribution in [-0.2, 0) is 17.9 Å². The molecule has 2 N–H and O–H groups in total. The Kier molecular flexibility index (Phi) is 6.73. The van der Waals surface area contributed by atoms with Gasteiger partial charge in [-0.05, 0) is 42.8 Å². The number of carbonyl (C=O) groups is 2. The van der Waals surface area contributed by atoms with Crippen molar-refractivity contribution in [2.24, 2.45) is 0 Å². The van der Waals surface area contributed by atoms with Crippen LogP contribution in [0.4, 0.5) is 8.78 Å². The number of aromatic nitrogens is 3. The van der Waals surface area contributed by atoms with Crippen molar-refractivity contribution < 1.29 is 18.4 Å². The Labute approximate surface area is 176 Å². The van der Waals surface area contributed by atoms with Crippen LogP contribution in [0.3, 0.4) is 0 Å². The number of amides is 2. The van der Waals surface area contributed by atoms with Crippen molar-refractivity contribution in [3.63, 3.8) is 0 Å². The molecule has 30 heavy (non-hydrogen) atoms. The number of halogens is 3. The summed E-state index contributed by atoms with van der Waals surface area (Å²) in [5, 5.41) is 9.35. The summed E-state index contributed by atoms with van der Waals surface area (Å²) in [6, 6.07) is 9.84. The van der Waals surface area contributed by atoms with Crippen LogP contribution < -0.4 is 10.6 Å². The molecule has 0 aliphatic heterocycles. The molecule has 0 fully saturated rings. The molecule has 0 radical (unpaired) electrons. The molecule has 0 aliphatic carbocycles. The lowest BCUT2D eigenvalue weighted by atomic mass is 10.2. The van der Waals surface area contributed by atoms with Crippen LogP contribution >= 0.6 is 11.6 Å². The molecule has 3 rings (SSSR count). The third-order valence-electron chi connectivity index (χ3n) is 4.06. The van der Waals surface area contributed by atoms with Crippen molar-refractivity contribution in [2.75, 3.05) is 6.54 Å². The van der Waals surface area contributed by atoms with Crippen molar-refractivity contribution in [1.29, 1.82) is 0 Å². The molecule has 7 nitrogen and oxygen atoms in total. The lowest BCUT2D eigenvalue weighted by Crippen LogP contribution is -2.31. The summed E-state index contributed by atoms with van der Waals surface area (Å²) in [6.45, 7) is 1.89. The van der Waals surface area contributed by atoms with Crippen molar-refractivity contribution >= 4 is 23.4 Å². The Morgan fingerprint density at radius 3 is 2.63 bits per heavy atom. The standard InChI is InChI=1S/C20H18ClF2N5O2/c1-2-24-20(30)19-26-18(13-6-7-15(21)16(23)9-13)27-28(19)11-17(29)25-10-12-4-3-5-14(22)8-12/h3-9H,2,10-11H2,1H3,(H,24,30)(H,25,29). The highest BCUT2D eigenvalue weighted by molar-refractivity contribution is 6.30. The second-order valence-corrected chi connectivity index (χ2v) is 6.72.